The quantitative estimate of drug-likeness (QED) is 0.813. The van der Waals surface area contributed by atoms with Crippen LogP contribution in [0.4, 0.5) is 0 Å². The summed E-state index contributed by atoms with van der Waals surface area (Å²) in [5, 5.41) is 17.5. The highest BCUT2D eigenvalue weighted by molar-refractivity contribution is 5.71. The van der Waals surface area contributed by atoms with E-state index in [4.69, 9.17) is 14.9 Å². The summed E-state index contributed by atoms with van der Waals surface area (Å²) in [6.07, 6.45) is 0.343. The van der Waals surface area contributed by atoms with Crippen LogP contribution in [-0.2, 0) is 9.53 Å². The number of benzene rings is 2. The lowest BCUT2D eigenvalue weighted by molar-refractivity contribution is -0.149. The number of phenols is 1. The number of rotatable bonds is 6. The Labute approximate surface area is 143 Å². The maximum Gasteiger partial charge on any atom is 0.332 e. The van der Waals surface area contributed by atoms with Crippen molar-refractivity contribution in [2.45, 2.75) is 33.3 Å². The molecule has 2 rings (SSSR count). The Morgan fingerprint density at radius 2 is 1.54 bits per heavy atom. The third kappa shape index (κ3) is 7.29. The first kappa shape index (κ1) is 19.7. The van der Waals surface area contributed by atoms with Crippen LogP contribution in [0.25, 0.3) is 11.1 Å². The summed E-state index contributed by atoms with van der Waals surface area (Å²) in [6, 6.07) is 17.3. The molecule has 0 bridgehead atoms. The molecule has 4 nitrogen and oxygen atoms in total. The Balaban J connectivity index is 0.000000245. The fraction of sp³-hybridized carbons (Fsp3) is 0.350. The number of carboxylic acid groups (broad SMARTS) is 1. The third-order valence-corrected chi connectivity index (χ3v) is 3.65. The lowest BCUT2D eigenvalue weighted by atomic mass is 10.1. The highest BCUT2D eigenvalue weighted by atomic mass is 16.5. The zero-order chi connectivity index (χ0) is 17.9. The number of phenolic OH excluding ortho intramolecular Hbond substituents is 1. The topological polar surface area (TPSA) is 66.8 Å². The van der Waals surface area contributed by atoms with E-state index in [9.17, 15) is 4.79 Å². The molecule has 2 aromatic rings. The highest BCUT2D eigenvalue weighted by Gasteiger charge is 2.11. The van der Waals surface area contributed by atoms with Gasteiger partial charge in [0.2, 0.25) is 0 Å². The second-order valence-electron chi connectivity index (χ2n) is 5.74. The number of carboxylic acids is 1. The van der Waals surface area contributed by atoms with Gasteiger partial charge >= 0.3 is 5.97 Å². The van der Waals surface area contributed by atoms with Crippen LogP contribution in [0.15, 0.2) is 54.6 Å². The van der Waals surface area contributed by atoms with Crippen molar-refractivity contribution in [2.24, 2.45) is 5.92 Å². The minimum Gasteiger partial charge on any atom is -0.508 e. The van der Waals surface area contributed by atoms with Gasteiger partial charge in [-0.25, -0.2) is 4.79 Å². The Morgan fingerprint density at radius 3 is 2.04 bits per heavy atom. The summed E-state index contributed by atoms with van der Waals surface area (Å²) in [6.45, 7) is 6.17. The van der Waals surface area contributed by atoms with E-state index in [1.54, 1.807) is 19.1 Å². The van der Waals surface area contributed by atoms with E-state index in [1.165, 1.54) is 5.56 Å². The van der Waals surface area contributed by atoms with Gasteiger partial charge in [-0.05, 0) is 36.1 Å². The number of aliphatic carboxylic acids is 1. The highest BCUT2D eigenvalue weighted by Crippen LogP contribution is 2.20. The minimum absolute atomic E-state index is 0.305. The van der Waals surface area contributed by atoms with Gasteiger partial charge in [0.25, 0.3) is 0 Å². The molecule has 2 N–H and O–H groups in total. The van der Waals surface area contributed by atoms with E-state index in [-0.39, 0.29) is 0 Å². The standard InChI is InChI=1S/C12H10O.C8H16O3/c13-12-8-6-11(7-9-12)10-4-2-1-3-5-10;1-4-6(2)5-11-7(3)8(9)10/h1-9,13H;6-7H,4-5H2,1-3H3,(H,9,10)/t;6-,7-/m.0/s1. The molecule has 0 saturated heterocycles. The molecule has 0 aliphatic carbocycles. The van der Waals surface area contributed by atoms with Crippen molar-refractivity contribution in [1.82, 2.24) is 0 Å². The van der Waals surface area contributed by atoms with Crippen LogP contribution in [0, 0.1) is 5.92 Å². The molecule has 4 heteroatoms. The predicted molar refractivity (Wildman–Crippen MR) is 96.0 cm³/mol. The van der Waals surface area contributed by atoms with Crippen LogP contribution in [0.2, 0.25) is 0 Å². The molecule has 0 radical (unpaired) electrons. The van der Waals surface area contributed by atoms with Crippen molar-refractivity contribution in [2.75, 3.05) is 6.61 Å². The van der Waals surface area contributed by atoms with Crippen LogP contribution in [0.3, 0.4) is 0 Å². The first-order valence-electron chi connectivity index (χ1n) is 8.12. The van der Waals surface area contributed by atoms with Crippen molar-refractivity contribution in [3.8, 4) is 16.9 Å². The molecular weight excluding hydrogens is 304 g/mol. The van der Waals surface area contributed by atoms with Crippen molar-refractivity contribution < 1.29 is 19.7 Å². The Hall–Kier alpha value is -2.33. The molecule has 0 saturated carbocycles. The summed E-state index contributed by atoms with van der Waals surface area (Å²) < 4.78 is 5.06. The fourth-order valence-corrected chi connectivity index (χ4v) is 1.78. The molecule has 0 aliphatic rings. The molecule has 0 unspecified atom stereocenters. The van der Waals surface area contributed by atoms with Crippen LogP contribution in [0.1, 0.15) is 27.2 Å². The maximum atomic E-state index is 10.3. The van der Waals surface area contributed by atoms with Gasteiger partial charge in [0, 0.05) is 0 Å². The molecular formula is C20H26O4. The molecule has 0 aromatic heterocycles. The number of aromatic hydroxyl groups is 1. The van der Waals surface area contributed by atoms with Crippen molar-refractivity contribution >= 4 is 5.97 Å². The van der Waals surface area contributed by atoms with E-state index < -0.39 is 12.1 Å². The van der Waals surface area contributed by atoms with Gasteiger partial charge < -0.3 is 14.9 Å². The van der Waals surface area contributed by atoms with Crippen LogP contribution < -0.4 is 0 Å². The van der Waals surface area contributed by atoms with Gasteiger partial charge in [-0.1, -0.05) is 62.7 Å². The maximum absolute atomic E-state index is 10.3. The zero-order valence-corrected chi connectivity index (χ0v) is 14.5. The molecule has 0 fully saturated rings. The number of ether oxygens (including phenoxy) is 1. The summed E-state index contributed by atoms with van der Waals surface area (Å²) in [5.74, 6) is -0.148. The van der Waals surface area contributed by atoms with Crippen LogP contribution >= 0.6 is 0 Å². The number of hydrogen-bond donors (Lipinski definition) is 2. The van der Waals surface area contributed by atoms with E-state index >= 15 is 0 Å². The molecule has 130 valence electrons. The second-order valence-corrected chi connectivity index (χ2v) is 5.74. The minimum atomic E-state index is -0.895. The smallest absolute Gasteiger partial charge is 0.332 e. The normalized spacial score (nSPS) is 12.6. The third-order valence-electron chi connectivity index (χ3n) is 3.65. The van der Waals surface area contributed by atoms with E-state index in [0.717, 1.165) is 12.0 Å². The first-order chi connectivity index (χ1) is 11.4. The lowest BCUT2D eigenvalue weighted by Gasteiger charge is -2.11. The van der Waals surface area contributed by atoms with Gasteiger partial charge in [0.15, 0.2) is 6.10 Å². The van der Waals surface area contributed by atoms with Gasteiger partial charge in [0.1, 0.15) is 5.75 Å². The Morgan fingerprint density at radius 1 is 1.00 bits per heavy atom. The molecule has 0 spiro atoms. The van der Waals surface area contributed by atoms with E-state index in [2.05, 4.69) is 6.92 Å². The summed E-state index contributed by atoms with van der Waals surface area (Å²) in [7, 11) is 0. The molecule has 0 aliphatic heterocycles. The van der Waals surface area contributed by atoms with Gasteiger partial charge in [-0.2, -0.15) is 0 Å². The monoisotopic (exact) mass is 330 g/mol. The average Bonchev–Trinajstić information content (AvgIpc) is 2.61. The number of hydrogen-bond acceptors (Lipinski definition) is 3. The molecule has 2 aromatic carbocycles. The van der Waals surface area contributed by atoms with Crippen molar-refractivity contribution in [3.63, 3.8) is 0 Å². The molecule has 24 heavy (non-hydrogen) atoms. The van der Waals surface area contributed by atoms with Gasteiger partial charge in [-0.3, -0.25) is 0 Å². The van der Waals surface area contributed by atoms with E-state index in [0.29, 0.717) is 18.3 Å². The first-order valence-corrected chi connectivity index (χ1v) is 8.12. The Bertz CT molecular complexity index is 593. The summed E-state index contributed by atoms with van der Waals surface area (Å²) >= 11 is 0. The average molecular weight is 330 g/mol. The van der Waals surface area contributed by atoms with E-state index in [1.807, 2.05) is 49.4 Å². The van der Waals surface area contributed by atoms with Crippen LogP contribution in [0.5, 0.6) is 5.75 Å². The molecule has 0 heterocycles. The fourth-order valence-electron chi connectivity index (χ4n) is 1.78. The van der Waals surface area contributed by atoms with Crippen LogP contribution in [-0.4, -0.2) is 28.9 Å². The van der Waals surface area contributed by atoms with Gasteiger partial charge in [-0.15, -0.1) is 0 Å². The van der Waals surface area contributed by atoms with Crippen molar-refractivity contribution in [3.05, 3.63) is 54.6 Å². The Kier molecular flexibility index (Phi) is 8.58. The SMILES string of the molecule is CC[C@H](C)CO[C@@H](C)C(=O)O.Oc1ccc(-c2ccccc2)cc1. The second kappa shape index (κ2) is 10.4. The predicted octanol–water partition coefficient (Wildman–Crippen LogP) is 4.58. The zero-order valence-electron chi connectivity index (χ0n) is 14.5. The largest absolute Gasteiger partial charge is 0.508 e. The molecule has 2 atom stereocenters. The van der Waals surface area contributed by atoms with Crippen molar-refractivity contribution in [1.29, 1.82) is 0 Å². The summed E-state index contributed by atoms with van der Waals surface area (Å²) in [5.41, 5.74) is 2.29. The lowest BCUT2D eigenvalue weighted by Crippen LogP contribution is -2.22. The number of carbonyl (C=O) groups is 1. The molecule has 0 amide bonds. The van der Waals surface area contributed by atoms with Gasteiger partial charge in [0.05, 0.1) is 6.61 Å². The summed E-state index contributed by atoms with van der Waals surface area (Å²) in [4.78, 5) is 10.3.